The number of ether oxygens (including phenoxy) is 1. The summed E-state index contributed by atoms with van der Waals surface area (Å²) in [4.78, 5) is 0. The smallest absolute Gasteiger partial charge is 0.119 e. The van der Waals surface area contributed by atoms with Crippen LogP contribution in [0.25, 0.3) is 0 Å². The van der Waals surface area contributed by atoms with Crippen molar-refractivity contribution in [2.45, 2.75) is 51.5 Å². The van der Waals surface area contributed by atoms with Gasteiger partial charge in [0.1, 0.15) is 5.75 Å². The third-order valence-corrected chi connectivity index (χ3v) is 4.82. The molecule has 0 amide bonds. The zero-order chi connectivity index (χ0) is 13.7. The Morgan fingerprint density at radius 2 is 2.11 bits per heavy atom. The number of methoxy groups -OCH3 is 1. The van der Waals surface area contributed by atoms with Crippen LogP contribution in [0.15, 0.2) is 24.3 Å². The molecule has 1 fully saturated rings. The van der Waals surface area contributed by atoms with E-state index < -0.39 is 0 Å². The van der Waals surface area contributed by atoms with E-state index in [0.717, 1.165) is 12.2 Å². The molecule has 3 N–H and O–H groups in total. The van der Waals surface area contributed by atoms with E-state index in [2.05, 4.69) is 30.5 Å². The minimum absolute atomic E-state index is 0.354. The first-order chi connectivity index (χ1) is 9.24. The molecule has 0 aromatic heterocycles. The molecule has 2 rings (SSSR count). The molecule has 0 aliphatic heterocycles. The van der Waals surface area contributed by atoms with Gasteiger partial charge in [-0.3, -0.25) is 11.3 Å². The standard InChI is InChI=1S/C16H26N2O/c1-3-16(9-4-5-10-16)15(18-17)12-13-7-6-8-14(11-13)19-2/h6-8,11,15,18H,3-5,9-10,12,17H2,1-2H3. The van der Waals surface area contributed by atoms with Crippen molar-refractivity contribution >= 4 is 0 Å². The van der Waals surface area contributed by atoms with Gasteiger partial charge in [0.05, 0.1) is 7.11 Å². The van der Waals surface area contributed by atoms with Crippen molar-refractivity contribution in [3.8, 4) is 5.75 Å². The predicted octanol–water partition coefficient (Wildman–Crippen LogP) is 3.04. The van der Waals surface area contributed by atoms with Crippen LogP contribution >= 0.6 is 0 Å². The first kappa shape index (κ1) is 14.4. The highest BCUT2D eigenvalue weighted by Gasteiger charge is 2.39. The quantitative estimate of drug-likeness (QED) is 0.612. The third kappa shape index (κ3) is 3.10. The summed E-state index contributed by atoms with van der Waals surface area (Å²) in [5.74, 6) is 6.77. The first-order valence-corrected chi connectivity index (χ1v) is 7.33. The lowest BCUT2D eigenvalue weighted by Crippen LogP contribution is -2.48. The summed E-state index contributed by atoms with van der Waals surface area (Å²) < 4.78 is 5.30. The maximum absolute atomic E-state index is 5.85. The van der Waals surface area contributed by atoms with Crippen LogP contribution in [-0.4, -0.2) is 13.2 Å². The predicted molar refractivity (Wildman–Crippen MR) is 79.0 cm³/mol. The van der Waals surface area contributed by atoms with Gasteiger partial charge in [0.15, 0.2) is 0 Å². The lowest BCUT2D eigenvalue weighted by atomic mass is 9.74. The molecule has 106 valence electrons. The molecule has 1 saturated carbocycles. The van der Waals surface area contributed by atoms with E-state index in [4.69, 9.17) is 10.6 Å². The molecule has 1 aromatic rings. The van der Waals surface area contributed by atoms with Gasteiger partial charge in [-0.2, -0.15) is 0 Å². The van der Waals surface area contributed by atoms with Crippen LogP contribution in [0.2, 0.25) is 0 Å². The molecule has 1 aliphatic rings. The molecule has 1 atom stereocenters. The number of nitrogens with one attached hydrogen (secondary N) is 1. The van der Waals surface area contributed by atoms with E-state index in [-0.39, 0.29) is 0 Å². The average molecular weight is 262 g/mol. The monoisotopic (exact) mass is 262 g/mol. The summed E-state index contributed by atoms with van der Waals surface area (Å²) in [6.45, 7) is 2.29. The van der Waals surface area contributed by atoms with E-state index in [1.807, 2.05) is 6.07 Å². The Bertz CT molecular complexity index is 399. The van der Waals surface area contributed by atoms with Gasteiger partial charge in [-0.1, -0.05) is 31.9 Å². The average Bonchev–Trinajstić information content (AvgIpc) is 2.95. The molecule has 3 heteroatoms. The SMILES string of the molecule is CCC1(C(Cc2cccc(OC)c2)NN)CCCC1. The Hall–Kier alpha value is -1.06. The minimum atomic E-state index is 0.354. The Morgan fingerprint density at radius 1 is 1.37 bits per heavy atom. The number of hydrogen-bond acceptors (Lipinski definition) is 3. The summed E-state index contributed by atoms with van der Waals surface area (Å²) in [7, 11) is 1.71. The highest BCUT2D eigenvalue weighted by Crippen LogP contribution is 2.44. The third-order valence-electron chi connectivity index (χ3n) is 4.82. The number of hydrogen-bond donors (Lipinski definition) is 2. The van der Waals surface area contributed by atoms with Gasteiger partial charge in [-0.05, 0) is 48.8 Å². The van der Waals surface area contributed by atoms with Crippen molar-refractivity contribution in [2.75, 3.05) is 7.11 Å². The fourth-order valence-electron chi connectivity index (χ4n) is 3.51. The number of benzene rings is 1. The number of hydrazine groups is 1. The summed E-state index contributed by atoms with van der Waals surface area (Å²) in [6, 6.07) is 8.66. The van der Waals surface area contributed by atoms with Crippen LogP contribution in [0.4, 0.5) is 0 Å². The van der Waals surface area contributed by atoms with Crippen LogP contribution in [0.5, 0.6) is 5.75 Å². The fraction of sp³-hybridized carbons (Fsp3) is 0.625. The molecular weight excluding hydrogens is 236 g/mol. The second-order valence-corrected chi connectivity index (χ2v) is 5.70. The highest BCUT2D eigenvalue weighted by atomic mass is 16.5. The molecule has 0 saturated heterocycles. The lowest BCUT2D eigenvalue weighted by molar-refractivity contribution is 0.185. The highest BCUT2D eigenvalue weighted by molar-refractivity contribution is 5.29. The molecule has 0 bridgehead atoms. The normalized spacial score (nSPS) is 19.3. The topological polar surface area (TPSA) is 47.3 Å². The van der Waals surface area contributed by atoms with Gasteiger partial charge >= 0.3 is 0 Å². The van der Waals surface area contributed by atoms with Gasteiger partial charge < -0.3 is 4.74 Å². The van der Waals surface area contributed by atoms with Crippen LogP contribution < -0.4 is 16.0 Å². The Morgan fingerprint density at radius 3 is 2.68 bits per heavy atom. The van der Waals surface area contributed by atoms with Crippen molar-refractivity contribution < 1.29 is 4.74 Å². The number of rotatable bonds is 6. The molecule has 0 spiro atoms. The Labute approximate surface area is 116 Å². The molecule has 1 aliphatic carbocycles. The molecule has 0 heterocycles. The van der Waals surface area contributed by atoms with Gasteiger partial charge in [-0.25, -0.2) is 0 Å². The van der Waals surface area contributed by atoms with Crippen molar-refractivity contribution in [1.82, 2.24) is 5.43 Å². The van der Waals surface area contributed by atoms with E-state index in [1.54, 1.807) is 7.11 Å². The largest absolute Gasteiger partial charge is 0.497 e. The summed E-state index contributed by atoms with van der Waals surface area (Å²) in [5, 5.41) is 0. The van der Waals surface area contributed by atoms with E-state index in [0.29, 0.717) is 11.5 Å². The second kappa shape index (κ2) is 6.40. The Balaban J connectivity index is 2.13. The zero-order valence-electron chi connectivity index (χ0n) is 12.1. The van der Waals surface area contributed by atoms with Crippen LogP contribution in [0, 0.1) is 5.41 Å². The van der Waals surface area contributed by atoms with Gasteiger partial charge in [0.2, 0.25) is 0 Å². The minimum Gasteiger partial charge on any atom is -0.497 e. The van der Waals surface area contributed by atoms with Crippen molar-refractivity contribution in [2.24, 2.45) is 11.3 Å². The molecule has 0 radical (unpaired) electrons. The maximum atomic E-state index is 5.85. The maximum Gasteiger partial charge on any atom is 0.119 e. The summed E-state index contributed by atoms with van der Waals surface area (Å²) >= 11 is 0. The van der Waals surface area contributed by atoms with Crippen molar-refractivity contribution in [3.63, 3.8) is 0 Å². The summed E-state index contributed by atoms with van der Waals surface area (Å²) in [5.41, 5.74) is 4.75. The van der Waals surface area contributed by atoms with Crippen LogP contribution in [-0.2, 0) is 6.42 Å². The molecular formula is C16H26N2O. The van der Waals surface area contributed by atoms with Gasteiger partial charge in [0.25, 0.3) is 0 Å². The fourth-order valence-corrected chi connectivity index (χ4v) is 3.51. The van der Waals surface area contributed by atoms with E-state index in [9.17, 15) is 0 Å². The second-order valence-electron chi connectivity index (χ2n) is 5.70. The molecule has 19 heavy (non-hydrogen) atoms. The summed E-state index contributed by atoms with van der Waals surface area (Å²) in [6.07, 6.45) is 7.44. The van der Waals surface area contributed by atoms with Crippen molar-refractivity contribution in [3.05, 3.63) is 29.8 Å². The van der Waals surface area contributed by atoms with Gasteiger partial charge in [0, 0.05) is 6.04 Å². The number of nitrogens with two attached hydrogens (primary N) is 1. The van der Waals surface area contributed by atoms with Crippen molar-refractivity contribution in [1.29, 1.82) is 0 Å². The first-order valence-electron chi connectivity index (χ1n) is 7.33. The zero-order valence-corrected chi connectivity index (χ0v) is 12.1. The van der Waals surface area contributed by atoms with E-state index in [1.165, 1.54) is 37.7 Å². The van der Waals surface area contributed by atoms with Crippen LogP contribution in [0.3, 0.4) is 0 Å². The van der Waals surface area contributed by atoms with Crippen LogP contribution in [0.1, 0.15) is 44.6 Å². The van der Waals surface area contributed by atoms with E-state index >= 15 is 0 Å². The Kier molecular flexibility index (Phi) is 4.83. The lowest BCUT2D eigenvalue weighted by Gasteiger charge is -2.36. The molecule has 1 unspecified atom stereocenters. The molecule has 3 nitrogen and oxygen atoms in total. The van der Waals surface area contributed by atoms with Gasteiger partial charge in [-0.15, -0.1) is 0 Å². The molecule has 1 aromatic carbocycles.